The van der Waals surface area contributed by atoms with Gasteiger partial charge in [0, 0.05) is 24.3 Å². The Morgan fingerprint density at radius 3 is 2.51 bits per heavy atom. The van der Waals surface area contributed by atoms with Crippen LogP contribution < -0.4 is 5.32 Å². The van der Waals surface area contributed by atoms with Gasteiger partial charge in [0.1, 0.15) is 5.60 Å². The number of aliphatic hydroxyl groups is 1. The second-order valence-electron chi connectivity index (χ2n) is 11.8. The highest BCUT2D eigenvalue weighted by Gasteiger charge is 2.79. The van der Waals surface area contributed by atoms with Crippen molar-refractivity contribution in [1.82, 2.24) is 5.32 Å². The quantitative estimate of drug-likeness (QED) is 0.178. The Bertz CT molecular complexity index is 1320. The van der Waals surface area contributed by atoms with E-state index in [2.05, 4.69) is 10.5 Å². The Morgan fingerprint density at radius 1 is 1.15 bits per heavy atom. The first-order chi connectivity index (χ1) is 19.2. The smallest absolute Gasteiger partial charge is 0.383 e. The zero-order valence-corrected chi connectivity index (χ0v) is 22.9. The first-order valence-electron chi connectivity index (χ1n) is 14.0. The fourth-order valence-electron chi connectivity index (χ4n) is 7.84. The standard InChI is InChI=1S/C30H33F5N2O4/c1-3-36-26(39)41-37-16-17-4-6-18(7-5-17)23-15-27(2)24(12-13-28(27,40)29(31,32)30(33,34)35)22-10-8-19-14-20(38)9-11-21(19)25(22)23/h4-7,14,16,22-24,40H,3,8-13,15H2,1-2H3,(H,36,39)/b37-16+/t22?,23-,24?,27+,28+/m1/s1. The number of rotatable bonds is 5. The van der Waals surface area contributed by atoms with Crippen LogP contribution in [0.25, 0.3) is 0 Å². The summed E-state index contributed by atoms with van der Waals surface area (Å²) in [6, 6.07) is 6.91. The van der Waals surface area contributed by atoms with Crippen LogP contribution >= 0.6 is 0 Å². The molecule has 2 N–H and O–H groups in total. The average Bonchev–Trinajstić information content (AvgIpc) is 3.19. The molecule has 5 atom stereocenters. The molecule has 1 aromatic rings. The Morgan fingerprint density at radius 2 is 1.85 bits per heavy atom. The fourth-order valence-corrected chi connectivity index (χ4v) is 7.84. The predicted octanol–water partition coefficient (Wildman–Crippen LogP) is 6.59. The largest absolute Gasteiger partial charge is 0.456 e. The molecule has 6 nitrogen and oxygen atoms in total. The number of amides is 1. The molecule has 41 heavy (non-hydrogen) atoms. The van der Waals surface area contributed by atoms with Crippen LogP contribution in [0, 0.1) is 17.3 Å². The molecule has 0 bridgehead atoms. The number of fused-ring (bicyclic) bond motifs is 4. The molecule has 2 unspecified atom stereocenters. The van der Waals surface area contributed by atoms with Crippen LogP contribution in [0.1, 0.15) is 75.8 Å². The second kappa shape index (κ2) is 10.3. The number of hydrogen-bond acceptors (Lipinski definition) is 5. The molecule has 2 saturated carbocycles. The molecule has 0 saturated heterocycles. The molecular formula is C30H33F5N2O4. The van der Waals surface area contributed by atoms with Crippen molar-refractivity contribution in [3.63, 3.8) is 0 Å². The summed E-state index contributed by atoms with van der Waals surface area (Å²) in [5, 5.41) is 17.4. The molecule has 4 aliphatic rings. The van der Waals surface area contributed by atoms with Gasteiger partial charge in [-0.3, -0.25) is 9.63 Å². The normalized spacial score (nSPS) is 31.9. The van der Waals surface area contributed by atoms with Gasteiger partial charge in [0.25, 0.3) is 0 Å². The van der Waals surface area contributed by atoms with Crippen LogP contribution in [0.2, 0.25) is 0 Å². The maximum Gasteiger partial charge on any atom is 0.456 e. The predicted molar refractivity (Wildman–Crippen MR) is 140 cm³/mol. The van der Waals surface area contributed by atoms with Crippen molar-refractivity contribution in [3.05, 3.63) is 58.2 Å². The molecule has 11 heteroatoms. The second-order valence-corrected chi connectivity index (χ2v) is 11.8. The lowest BCUT2D eigenvalue weighted by Gasteiger charge is -2.56. The van der Waals surface area contributed by atoms with Gasteiger partial charge in [-0.15, -0.1) is 0 Å². The van der Waals surface area contributed by atoms with Crippen molar-refractivity contribution < 1.29 is 41.5 Å². The highest BCUT2D eigenvalue weighted by molar-refractivity contribution is 5.93. The molecule has 0 aliphatic heterocycles. The SMILES string of the molecule is CCNC(=O)O/N=C/c1ccc([C@H]2C[C@@]3(C)C(CC[C@@]3(O)C(F)(F)C(F)(F)F)C3CCC4=CC(=O)CCC4=C32)cc1. The number of allylic oxidation sites excluding steroid dienone is 4. The van der Waals surface area contributed by atoms with E-state index >= 15 is 8.78 Å². The van der Waals surface area contributed by atoms with E-state index in [0.29, 0.717) is 43.4 Å². The third kappa shape index (κ3) is 4.70. The van der Waals surface area contributed by atoms with E-state index < -0.39 is 47.5 Å². The zero-order chi connectivity index (χ0) is 29.8. The van der Waals surface area contributed by atoms with Crippen LogP contribution in [0.5, 0.6) is 0 Å². The van der Waals surface area contributed by atoms with Gasteiger partial charge in [0.15, 0.2) is 5.78 Å². The molecule has 0 spiro atoms. The Labute approximate surface area is 234 Å². The maximum atomic E-state index is 15.1. The minimum absolute atomic E-state index is 0.0264. The van der Waals surface area contributed by atoms with Gasteiger partial charge >= 0.3 is 18.2 Å². The Balaban J connectivity index is 1.56. The summed E-state index contributed by atoms with van der Waals surface area (Å²) < 4.78 is 71.3. The van der Waals surface area contributed by atoms with Gasteiger partial charge in [0.05, 0.1) is 6.21 Å². The van der Waals surface area contributed by atoms with Crippen LogP contribution in [0.15, 0.2) is 52.2 Å². The van der Waals surface area contributed by atoms with E-state index in [1.165, 1.54) is 13.1 Å². The molecular weight excluding hydrogens is 547 g/mol. The van der Waals surface area contributed by atoms with Gasteiger partial charge in [-0.1, -0.05) is 41.9 Å². The van der Waals surface area contributed by atoms with Crippen molar-refractivity contribution >= 4 is 18.1 Å². The number of ketones is 1. The molecule has 5 rings (SSSR count). The molecule has 0 aromatic heterocycles. The summed E-state index contributed by atoms with van der Waals surface area (Å²) >= 11 is 0. The summed E-state index contributed by atoms with van der Waals surface area (Å²) in [5.41, 5.74) is -0.745. The summed E-state index contributed by atoms with van der Waals surface area (Å²) in [7, 11) is 0. The molecule has 222 valence electrons. The number of carbonyl (C=O) groups excluding carboxylic acids is 2. The molecule has 1 amide bonds. The number of halogens is 5. The lowest BCUT2D eigenvalue weighted by molar-refractivity contribution is -0.362. The number of oxime groups is 1. The molecule has 0 heterocycles. The maximum absolute atomic E-state index is 15.1. The van der Waals surface area contributed by atoms with Gasteiger partial charge in [-0.25, -0.2) is 4.79 Å². The number of carbonyl (C=O) groups is 2. The lowest BCUT2D eigenvalue weighted by atomic mass is 9.50. The third-order valence-corrected chi connectivity index (χ3v) is 9.76. The number of alkyl halides is 5. The van der Waals surface area contributed by atoms with E-state index in [9.17, 15) is 27.9 Å². The fraction of sp³-hybridized carbons (Fsp3) is 0.567. The first kappa shape index (κ1) is 29.4. The van der Waals surface area contributed by atoms with E-state index in [0.717, 1.165) is 16.7 Å². The summed E-state index contributed by atoms with van der Waals surface area (Å²) in [6.45, 7) is 3.50. The van der Waals surface area contributed by atoms with Crippen molar-refractivity contribution in [1.29, 1.82) is 0 Å². The summed E-state index contributed by atoms with van der Waals surface area (Å²) in [5.74, 6) is -6.63. The average molecular weight is 581 g/mol. The number of nitrogens with zero attached hydrogens (tertiary/aromatic N) is 1. The number of nitrogens with one attached hydrogen (secondary N) is 1. The molecule has 2 fully saturated rings. The highest BCUT2D eigenvalue weighted by Crippen LogP contribution is 2.70. The molecule has 0 radical (unpaired) electrons. The monoisotopic (exact) mass is 580 g/mol. The lowest BCUT2D eigenvalue weighted by Crippen LogP contribution is -2.65. The number of benzene rings is 1. The zero-order valence-electron chi connectivity index (χ0n) is 22.9. The van der Waals surface area contributed by atoms with E-state index in [-0.39, 0.29) is 24.5 Å². The van der Waals surface area contributed by atoms with Crippen molar-refractivity contribution in [2.24, 2.45) is 22.4 Å². The van der Waals surface area contributed by atoms with Gasteiger partial charge in [-0.05, 0) is 85.6 Å². The summed E-state index contributed by atoms with van der Waals surface area (Å²) in [6.07, 6.45) is -2.42. The summed E-state index contributed by atoms with van der Waals surface area (Å²) in [4.78, 5) is 28.3. The van der Waals surface area contributed by atoms with Crippen LogP contribution in [0.4, 0.5) is 26.7 Å². The van der Waals surface area contributed by atoms with Gasteiger partial charge in [0.2, 0.25) is 0 Å². The topological polar surface area (TPSA) is 88.0 Å². The van der Waals surface area contributed by atoms with Gasteiger partial charge < -0.3 is 10.4 Å². The van der Waals surface area contributed by atoms with E-state index in [4.69, 9.17) is 4.84 Å². The van der Waals surface area contributed by atoms with Gasteiger partial charge in [-0.2, -0.15) is 22.0 Å². The number of hydrogen-bond donors (Lipinski definition) is 2. The minimum Gasteiger partial charge on any atom is -0.383 e. The minimum atomic E-state index is -5.89. The molecule has 1 aromatic carbocycles. The Kier molecular flexibility index (Phi) is 7.41. The Hall–Kier alpha value is -3.08. The molecule has 4 aliphatic carbocycles. The van der Waals surface area contributed by atoms with Crippen molar-refractivity contribution in [3.8, 4) is 0 Å². The van der Waals surface area contributed by atoms with Crippen LogP contribution in [-0.2, 0) is 9.63 Å². The van der Waals surface area contributed by atoms with E-state index in [1.807, 2.05) is 0 Å². The first-order valence-corrected chi connectivity index (χ1v) is 14.0. The third-order valence-electron chi connectivity index (χ3n) is 9.76. The van der Waals surface area contributed by atoms with Crippen LogP contribution in [-0.4, -0.2) is 47.4 Å². The van der Waals surface area contributed by atoms with E-state index in [1.54, 1.807) is 37.3 Å². The van der Waals surface area contributed by atoms with Crippen LogP contribution in [0.3, 0.4) is 0 Å². The van der Waals surface area contributed by atoms with Crippen molar-refractivity contribution in [2.45, 2.75) is 82.4 Å². The highest BCUT2D eigenvalue weighted by atomic mass is 19.4. The van der Waals surface area contributed by atoms with Crippen molar-refractivity contribution in [2.75, 3.05) is 6.54 Å².